The Bertz CT molecular complexity index is 908. The SMILES string of the molecule is O=C(CSc1nc2cc([N+](=O)[O-])ccc2o1)N[C@H]1CCS(=O)(=O)C1. The van der Waals surface area contributed by atoms with Gasteiger partial charge in [-0.2, -0.15) is 0 Å². The largest absolute Gasteiger partial charge is 0.431 e. The Morgan fingerprint density at radius 3 is 2.96 bits per heavy atom. The molecule has 0 bridgehead atoms. The summed E-state index contributed by atoms with van der Waals surface area (Å²) in [5, 5.41) is 13.6. The standard InChI is InChI=1S/C13H13N3O6S2/c17-12(14-8-3-4-24(20,21)7-8)6-23-13-15-10-5-9(16(18)19)1-2-11(10)22-13/h1-2,5,8H,3-4,6-7H2,(H,14,17)/t8-/m0/s1. The number of nitrogens with one attached hydrogen (secondary N) is 1. The molecule has 0 saturated carbocycles. The fourth-order valence-electron chi connectivity index (χ4n) is 2.38. The van der Waals surface area contributed by atoms with Crippen LogP contribution < -0.4 is 5.32 Å². The molecule has 1 aliphatic rings. The monoisotopic (exact) mass is 371 g/mol. The van der Waals surface area contributed by atoms with Crippen LogP contribution in [0.2, 0.25) is 0 Å². The van der Waals surface area contributed by atoms with Crippen LogP contribution in [0, 0.1) is 10.1 Å². The molecule has 1 fully saturated rings. The number of carbonyl (C=O) groups excluding carboxylic acids is 1. The van der Waals surface area contributed by atoms with Gasteiger partial charge < -0.3 is 9.73 Å². The number of rotatable bonds is 5. The molecule has 0 unspecified atom stereocenters. The average Bonchev–Trinajstić information content (AvgIpc) is 3.06. The Morgan fingerprint density at radius 1 is 1.50 bits per heavy atom. The summed E-state index contributed by atoms with van der Waals surface area (Å²) >= 11 is 1.04. The maximum Gasteiger partial charge on any atom is 0.271 e. The lowest BCUT2D eigenvalue weighted by atomic mass is 10.3. The maximum atomic E-state index is 11.9. The molecular formula is C13H13N3O6S2. The fourth-order valence-corrected chi connectivity index (χ4v) is 4.70. The van der Waals surface area contributed by atoms with Crippen LogP contribution >= 0.6 is 11.8 Å². The van der Waals surface area contributed by atoms with Crippen molar-refractivity contribution in [2.24, 2.45) is 0 Å². The smallest absolute Gasteiger partial charge is 0.271 e. The number of nitrogens with zero attached hydrogens (tertiary/aromatic N) is 2. The number of aromatic nitrogens is 1. The Kier molecular flexibility index (Phi) is 4.45. The minimum atomic E-state index is -3.04. The number of nitro groups is 1. The van der Waals surface area contributed by atoms with Crippen LogP contribution in [-0.4, -0.2) is 47.5 Å². The molecule has 1 aromatic carbocycles. The second-order valence-corrected chi connectivity index (χ2v) is 8.50. The zero-order chi connectivity index (χ0) is 17.3. The third-order valence-electron chi connectivity index (χ3n) is 3.49. The van der Waals surface area contributed by atoms with E-state index in [1.54, 1.807) is 0 Å². The van der Waals surface area contributed by atoms with Crippen LogP contribution in [0.15, 0.2) is 27.8 Å². The Hall–Kier alpha value is -2.14. The van der Waals surface area contributed by atoms with E-state index in [4.69, 9.17) is 4.42 Å². The molecule has 1 N–H and O–H groups in total. The van der Waals surface area contributed by atoms with Crippen molar-refractivity contribution in [1.82, 2.24) is 10.3 Å². The number of hydrogen-bond acceptors (Lipinski definition) is 8. The van der Waals surface area contributed by atoms with Crippen molar-refractivity contribution in [3.8, 4) is 0 Å². The molecular weight excluding hydrogens is 358 g/mol. The first kappa shape index (κ1) is 16.7. The molecule has 11 heteroatoms. The van der Waals surface area contributed by atoms with E-state index >= 15 is 0 Å². The molecule has 9 nitrogen and oxygen atoms in total. The number of benzene rings is 1. The van der Waals surface area contributed by atoms with Gasteiger partial charge >= 0.3 is 0 Å². The number of oxazole rings is 1. The van der Waals surface area contributed by atoms with Gasteiger partial charge in [-0.25, -0.2) is 13.4 Å². The number of fused-ring (bicyclic) bond motifs is 1. The molecule has 2 aromatic rings. The first-order valence-corrected chi connectivity index (χ1v) is 9.81. The molecule has 128 valence electrons. The van der Waals surface area contributed by atoms with E-state index in [1.165, 1.54) is 18.2 Å². The molecule has 1 aliphatic heterocycles. The highest BCUT2D eigenvalue weighted by Gasteiger charge is 2.28. The van der Waals surface area contributed by atoms with Crippen molar-refractivity contribution in [1.29, 1.82) is 0 Å². The summed E-state index contributed by atoms with van der Waals surface area (Å²) in [7, 11) is -3.04. The summed E-state index contributed by atoms with van der Waals surface area (Å²) in [6.07, 6.45) is 0.422. The predicted molar refractivity (Wildman–Crippen MR) is 86.6 cm³/mol. The molecule has 1 amide bonds. The van der Waals surface area contributed by atoms with Crippen molar-refractivity contribution in [2.75, 3.05) is 17.3 Å². The second kappa shape index (κ2) is 6.40. The number of nitro benzene ring substituents is 1. The van der Waals surface area contributed by atoms with Crippen LogP contribution in [0.3, 0.4) is 0 Å². The van der Waals surface area contributed by atoms with E-state index in [2.05, 4.69) is 10.3 Å². The van der Waals surface area contributed by atoms with Crippen molar-refractivity contribution < 1.29 is 22.6 Å². The summed E-state index contributed by atoms with van der Waals surface area (Å²) in [5.74, 6) is -0.230. The molecule has 2 heterocycles. The lowest BCUT2D eigenvalue weighted by Gasteiger charge is -2.09. The fraction of sp³-hybridized carbons (Fsp3) is 0.385. The lowest BCUT2D eigenvalue weighted by Crippen LogP contribution is -2.36. The molecule has 0 aliphatic carbocycles. The zero-order valence-electron chi connectivity index (χ0n) is 12.3. The third kappa shape index (κ3) is 3.85. The molecule has 24 heavy (non-hydrogen) atoms. The van der Waals surface area contributed by atoms with Gasteiger partial charge in [0, 0.05) is 18.2 Å². The van der Waals surface area contributed by atoms with Crippen LogP contribution in [-0.2, 0) is 14.6 Å². The van der Waals surface area contributed by atoms with E-state index < -0.39 is 14.8 Å². The molecule has 3 rings (SSSR count). The molecule has 1 saturated heterocycles. The van der Waals surface area contributed by atoms with E-state index in [0.717, 1.165) is 11.8 Å². The minimum absolute atomic E-state index is 0.0193. The highest BCUT2D eigenvalue weighted by molar-refractivity contribution is 7.99. The quantitative estimate of drug-likeness (QED) is 0.470. The van der Waals surface area contributed by atoms with E-state index in [9.17, 15) is 23.3 Å². The number of non-ortho nitro benzene ring substituents is 1. The Balaban J connectivity index is 1.59. The van der Waals surface area contributed by atoms with Gasteiger partial charge in [-0.3, -0.25) is 14.9 Å². The van der Waals surface area contributed by atoms with Crippen LogP contribution in [0.1, 0.15) is 6.42 Å². The van der Waals surface area contributed by atoms with Gasteiger partial charge in [-0.15, -0.1) is 0 Å². The second-order valence-electron chi connectivity index (χ2n) is 5.35. The summed E-state index contributed by atoms with van der Waals surface area (Å²) in [6.45, 7) is 0. The molecule has 0 radical (unpaired) electrons. The predicted octanol–water partition coefficient (Wildman–Crippen LogP) is 1.13. The highest BCUT2D eigenvalue weighted by Crippen LogP contribution is 2.26. The van der Waals surface area contributed by atoms with Crippen LogP contribution in [0.4, 0.5) is 5.69 Å². The molecule has 0 spiro atoms. The van der Waals surface area contributed by atoms with E-state index in [1.807, 2.05) is 0 Å². The van der Waals surface area contributed by atoms with Crippen molar-refractivity contribution in [3.63, 3.8) is 0 Å². The molecule has 1 aromatic heterocycles. The highest BCUT2D eigenvalue weighted by atomic mass is 32.2. The van der Waals surface area contributed by atoms with Gasteiger partial charge in [0.25, 0.3) is 10.9 Å². The van der Waals surface area contributed by atoms with Crippen molar-refractivity contribution in [3.05, 3.63) is 28.3 Å². The first-order valence-electron chi connectivity index (χ1n) is 7.00. The van der Waals surface area contributed by atoms with Crippen LogP contribution in [0.25, 0.3) is 11.1 Å². The summed E-state index contributed by atoms with van der Waals surface area (Å²) in [5.41, 5.74) is 0.645. The maximum absolute atomic E-state index is 11.9. The van der Waals surface area contributed by atoms with Crippen molar-refractivity contribution >= 4 is 44.3 Å². The number of thioether (sulfide) groups is 1. The minimum Gasteiger partial charge on any atom is -0.431 e. The lowest BCUT2D eigenvalue weighted by molar-refractivity contribution is -0.384. The number of amides is 1. The van der Waals surface area contributed by atoms with Gasteiger partial charge in [0.2, 0.25) is 5.91 Å². The average molecular weight is 371 g/mol. The number of hydrogen-bond donors (Lipinski definition) is 1. The van der Waals surface area contributed by atoms with E-state index in [-0.39, 0.29) is 40.1 Å². The normalized spacial score (nSPS) is 19.4. The first-order chi connectivity index (χ1) is 11.3. The van der Waals surface area contributed by atoms with Crippen molar-refractivity contribution in [2.45, 2.75) is 17.7 Å². The Labute approximate surface area is 140 Å². The molecule has 1 atom stereocenters. The summed E-state index contributed by atoms with van der Waals surface area (Å²) in [6, 6.07) is 3.71. The number of carbonyl (C=O) groups is 1. The van der Waals surface area contributed by atoms with E-state index in [0.29, 0.717) is 17.5 Å². The van der Waals surface area contributed by atoms with Gasteiger partial charge in [-0.05, 0) is 12.5 Å². The van der Waals surface area contributed by atoms with Gasteiger partial charge in [0.1, 0.15) is 5.52 Å². The summed E-state index contributed by atoms with van der Waals surface area (Å²) in [4.78, 5) is 26.2. The summed E-state index contributed by atoms with van der Waals surface area (Å²) < 4.78 is 28.1. The van der Waals surface area contributed by atoms with Gasteiger partial charge in [-0.1, -0.05) is 11.8 Å². The van der Waals surface area contributed by atoms with Crippen LogP contribution in [0.5, 0.6) is 0 Å². The van der Waals surface area contributed by atoms with Gasteiger partial charge in [0.05, 0.1) is 22.2 Å². The third-order valence-corrected chi connectivity index (χ3v) is 6.08. The van der Waals surface area contributed by atoms with Gasteiger partial charge in [0.15, 0.2) is 15.4 Å². The zero-order valence-corrected chi connectivity index (χ0v) is 13.9. The number of sulfone groups is 1. The topological polar surface area (TPSA) is 132 Å². The Morgan fingerprint density at radius 2 is 2.29 bits per heavy atom.